The molecular weight excluding hydrogens is 430 g/mol. The highest BCUT2D eigenvalue weighted by molar-refractivity contribution is 7.92. The van der Waals surface area contributed by atoms with Gasteiger partial charge in [-0.05, 0) is 49.6 Å². The van der Waals surface area contributed by atoms with Crippen molar-refractivity contribution in [2.75, 3.05) is 48.3 Å². The van der Waals surface area contributed by atoms with Gasteiger partial charge in [-0.2, -0.15) is 0 Å². The van der Waals surface area contributed by atoms with E-state index >= 15 is 0 Å². The SMILES string of the molecule is CC(NC(=O)CN(c1ccc2c(c1)OCCO2)S(C)(=O)=O)c1ccc(N2CCCC2)cc1. The van der Waals surface area contributed by atoms with E-state index in [-0.39, 0.29) is 18.5 Å². The maximum absolute atomic E-state index is 12.7. The summed E-state index contributed by atoms with van der Waals surface area (Å²) in [7, 11) is -3.68. The Morgan fingerprint density at radius 2 is 1.72 bits per heavy atom. The van der Waals surface area contributed by atoms with Crippen LogP contribution < -0.4 is 24.0 Å². The van der Waals surface area contributed by atoms with Crippen molar-refractivity contribution < 1.29 is 22.7 Å². The van der Waals surface area contributed by atoms with Gasteiger partial charge in [0.15, 0.2) is 11.5 Å². The van der Waals surface area contributed by atoms with E-state index in [1.165, 1.54) is 18.5 Å². The number of carbonyl (C=O) groups excluding carboxylic acids is 1. The fourth-order valence-corrected chi connectivity index (χ4v) is 4.89. The van der Waals surface area contributed by atoms with E-state index < -0.39 is 10.0 Å². The van der Waals surface area contributed by atoms with E-state index in [0.717, 1.165) is 29.2 Å². The monoisotopic (exact) mass is 459 g/mol. The standard InChI is InChI=1S/C23H29N3O5S/c1-17(18-5-7-19(8-6-18)25-11-3-4-12-25)24-23(27)16-26(32(2,28)29)20-9-10-21-22(15-20)31-14-13-30-21/h5-10,15,17H,3-4,11-14,16H2,1-2H3,(H,24,27). The highest BCUT2D eigenvalue weighted by atomic mass is 32.2. The summed E-state index contributed by atoms with van der Waals surface area (Å²) >= 11 is 0. The van der Waals surface area contributed by atoms with Crippen LogP contribution in [0.1, 0.15) is 31.4 Å². The van der Waals surface area contributed by atoms with Crippen molar-refractivity contribution in [3.63, 3.8) is 0 Å². The molecule has 1 N–H and O–H groups in total. The molecule has 8 nitrogen and oxygen atoms in total. The Hall–Kier alpha value is -2.94. The van der Waals surface area contributed by atoms with Gasteiger partial charge in [-0.1, -0.05) is 12.1 Å². The third kappa shape index (κ3) is 5.09. The summed E-state index contributed by atoms with van der Waals surface area (Å²) in [6, 6.07) is 12.8. The fraction of sp³-hybridized carbons (Fsp3) is 0.435. The van der Waals surface area contributed by atoms with Gasteiger partial charge < -0.3 is 19.7 Å². The molecule has 1 saturated heterocycles. The van der Waals surface area contributed by atoms with Gasteiger partial charge in [0.25, 0.3) is 0 Å². The minimum atomic E-state index is -3.68. The molecule has 172 valence electrons. The van der Waals surface area contributed by atoms with Crippen molar-refractivity contribution in [2.24, 2.45) is 0 Å². The van der Waals surface area contributed by atoms with Crippen LogP contribution in [0.3, 0.4) is 0 Å². The largest absolute Gasteiger partial charge is 0.486 e. The number of hydrogen-bond donors (Lipinski definition) is 1. The van der Waals surface area contributed by atoms with Gasteiger partial charge in [-0.15, -0.1) is 0 Å². The fourth-order valence-electron chi connectivity index (χ4n) is 4.04. The lowest BCUT2D eigenvalue weighted by Gasteiger charge is -2.25. The Balaban J connectivity index is 1.43. The molecule has 2 aliphatic heterocycles. The number of hydrogen-bond acceptors (Lipinski definition) is 6. The zero-order valence-corrected chi connectivity index (χ0v) is 19.2. The Bertz CT molecular complexity index is 1070. The van der Waals surface area contributed by atoms with E-state index in [9.17, 15) is 13.2 Å². The van der Waals surface area contributed by atoms with Crippen molar-refractivity contribution in [2.45, 2.75) is 25.8 Å². The van der Waals surface area contributed by atoms with Gasteiger partial charge in [0.1, 0.15) is 19.8 Å². The molecule has 0 bridgehead atoms. The van der Waals surface area contributed by atoms with Crippen LogP contribution in [0.15, 0.2) is 42.5 Å². The maximum Gasteiger partial charge on any atom is 0.241 e. The van der Waals surface area contributed by atoms with E-state index in [0.29, 0.717) is 30.4 Å². The molecule has 9 heteroatoms. The zero-order valence-electron chi connectivity index (χ0n) is 18.4. The molecule has 32 heavy (non-hydrogen) atoms. The molecule has 2 aromatic rings. The van der Waals surface area contributed by atoms with Gasteiger partial charge in [-0.25, -0.2) is 8.42 Å². The lowest BCUT2D eigenvalue weighted by atomic mass is 10.1. The molecule has 4 rings (SSSR count). The van der Waals surface area contributed by atoms with Crippen molar-refractivity contribution in [1.29, 1.82) is 0 Å². The minimum absolute atomic E-state index is 0.253. The number of sulfonamides is 1. The molecule has 2 aliphatic rings. The quantitative estimate of drug-likeness (QED) is 0.685. The first-order chi connectivity index (χ1) is 15.3. The summed E-state index contributed by atoms with van der Waals surface area (Å²) < 4.78 is 37.0. The van der Waals surface area contributed by atoms with Crippen LogP contribution in [0, 0.1) is 0 Å². The van der Waals surface area contributed by atoms with Crippen LogP contribution in [0.4, 0.5) is 11.4 Å². The van der Waals surface area contributed by atoms with Crippen LogP contribution in [0.2, 0.25) is 0 Å². The van der Waals surface area contributed by atoms with Gasteiger partial charge >= 0.3 is 0 Å². The zero-order chi connectivity index (χ0) is 22.7. The molecule has 1 amide bonds. The summed E-state index contributed by atoms with van der Waals surface area (Å²) in [5, 5.41) is 2.91. The molecule has 0 aromatic heterocycles. The lowest BCUT2D eigenvalue weighted by Crippen LogP contribution is -2.41. The van der Waals surface area contributed by atoms with Gasteiger partial charge in [0, 0.05) is 24.8 Å². The molecule has 0 saturated carbocycles. The Morgan fingerprint density at radius 3 is 2.38 bits per heavy atom. The van der Waals surface area contributed by atoms with E-state index in [1.54, 1.807) is 18.2 Å². The Kier molecular flexibility index (Phi) is 6.45. The summed E-state index contributed by atoms with van der Waals surface area (Å²) in [5.74, 6) is 0.639. The minimum Gasteiger partial charge on any atom is -0.486 e. The second kappa shape index (κ2) is 9.28. The number of nitrogens with one attached hydrogen (secondary N) is 1. The third-order valence-corrected chi connectivity index (χ3v) is 6.88. The maximum atomic E-state index is 12.7. The number of rotatable bonds is 7. The average Bonchev–Trinajstić information content (AvgIpc) is 3.31. The van der Waals surface area contributed by atoms with Crippen molar-refractivity contribution in [1.82, 2.24) is 5.32 Å². The molecule has 0 radical (unpaired) electrons. The van der Waals surface area contributed by atoms with Crippen LogP contribution >= 0.6 is 0 Å². The average molecular weight is 460 g/mol. The Labute approximate surface area is 189 Å². The number of anilines is 2. The van der Waals surface area contributed by atoms with Gasteiger partial charge in [-0.3, -0.25) is 9.10 Å². The highest BCUT2D eigenvalue weighted by Gasteiger charge is 2.24. The van der Waals surface area contributed by atoms with E-state index in [1.807, 2.05) is 19.1 Å². The third-order valence-electron chi connectivity index (χ3n) is 5.74. The summed E-state index contributed by atoms with van der Waals surface area (Å²) in [6.07, 6.45) is 3.51. The van der Waals surface area contributed by atoms with Crippen LogP contribution in [-0.4, -0.2) is 53.4 Å². The molecule has 1 unspecified atom stereocenters. The first-order valence-electron chi connectivity index (χ1n) is 10.8. The molecule has 2 aromatic carbocycles. The van der Waals surface area contributed by atoms with Crippen LogP contribution in [-0.2, 0) is 14.8 Å². The van der Waals surface area contributed by atoms with Crippen molar-refractivity contribution in [3.05, 3.63) is 48.0 Å². The molecule has 1 atom stereocenters. The van der Waals surface area contributed by atoms with Gasteiger partial charge in [0.05, 0.1) is 18.0 Å². The summed E-state index contributed by atoms with van der Waals surface area (Å²) in [6.45, 7) is 4.55. The molecule has 0 aliphatic carbocycles. The predicted molar refractivity (Wildman–Crippen MR) is 124 cm³/mol. The second-order valence-corrected chi connectivity index (χ2v) is 10.1. The van der Waals surface area contributed by atoms with Crippen molar-refractivity contribution in [3.8, 4) is 11.5 Å². The van der Waals surface area contributed by atoms with E-state index in [4.69, 9.17) is 9.47 Å². The second-order valence-electron chi connectivity index (χ2n) is 8.17. The number of carbonyl (C=O) groups is 1. The van der Waals surface area contributed by atoms with E-state index in [2.05, 4.69) is 22.3 Å². The first kappa shape index (κ1) is 22.3. The van der Waals surface area contributed by atoms with Crippen LogP contribution in [0.25, 0.3) is 0 Å². The molecule has 0 spiro atoms. The van der Waals surface area contributed by atoms with Gasteiger partial charge in [0.2, 0.25) is 15.9 Å². The number of amides is 1. The predicted octanol–water partition coefficient (Wildman–Crippen LogP) is 2.70. The van der Waals surface area contributed by atoms with Crippen LogP contribution in [0.5, 0.6) is 11.5 Å². The number of nitrogens with zero attached hydrogens (tertiary/aromatic N) is 2. The highest BCUT2D eigenvalue weighted by Crippen LogP contribution is 2.34. The Morgan fingerprint density at radius 1 is 1.06 bits per heavy atom. The normalized spacial score (nSPS) is 16.5. The number of fused-ring (bicyclic) bond motifs is 1. The van der Waals surface area contributed by atoms with Crippen molar-refractivity contribution >= 4 is 27.3 Å². The summed E-state index contributed by atoms with van der Waals surface area (Å²) in [4.78, 5) is 15.1. The summed E-state index contributed by atoms with van der Waals surface area (Å²) in [5.41, 5.74) is 2.51. The lowest BCUT2D eigenvalue weighted by molar-refractivity contribution is -0.120. The number of benzene rings is 2. The first-order valence-corrected chi connectivity index (χ1v) is 12.7. The topological polar surface area (TPSA) is 88.2 Å². The molecule has 2 heterocycles. The smallest absolute Gasteiger partial charge is 0.241 e. The molecular formula is C23H29N3O5S. The number of ether oxygens (including phenoxy) is 2. The molecule has 1 fully saturated rings.